The number of carbonyl (C=O) groups excluding carboxylic acids is 1. The molecular weight excluding hydrogens is 460 g/mol. The lowest BCUT2D eigenvalue weighted by Gasteiger charge is -2.06. The fourth-order valence-electron chi connectivity index (χ4n) is 3.30. The molecule has 5 nitrogen and oxygen atoms in total. The van der Waals surface area contributed by atoms with Crippen LogP contribution in [-0.2, 0) is 6.61 Å². The van der Waals surface area contributed by atoms with Crippen molar-refractivity contribution < 1.29 is 23.4 Å². The molecule has 0 unspecified atom stereocenters. The van der Waals surface area contributed by atoms with Gasteiger partial charge in [0, 0.05) is 10.0 Å². The van der Waals surface area contributed by atoms with E-state index in [1.807, 2.05) is 36.4 Å². The predicted molar refractivity (Wildman–Crippen MR) is 121 cm³/mol. The Morgan fingerprint density at radius 2 is 1.77 bits per heavy atom. The number of ether oxygens (including phenoxy) is 3. The summed E-state index contributed by atoms with van der Waals surface area (Å²) < 4.78 is 23.2. The van der Waals surface area contributed by atoms with Crippen LogP contribution in [0, 0.1) is 0 Å². The average Bonchev–Trinajstić information content (AvgIpc) is 3.44. The fourth-order valence-corrected chi connectivity index (χ4v) is 3.68. The van der Waals surface area contributed by atoms with Crippen molar-refractivity contribution in [2.45, 2.75) is 6.61 Å². The van der Waals surface area contributed by atoms with Gasteiger partial charge in [-0.2, -0.15) is 0 Å². The number of benzene rings is 3. The Morgan fingerprint density at radius 3 is 2.71 bits per heavy atom. The van der Waals surface area contributed by atoms with E-state index in [4.69, 9.17) is 18.6 Å². The third-order valence-electron chi connectivity index (χ3n) is 4.89. The highest BCUT2D eigenvalue weighted by Gasteiger charge is 2.15. The lowest BCUT2D eigenvalue weighted by molar-refractivity contribution is 0.104. The summed E-state index contributed by atoms with van der Waals surface area (Å²) in [7, 11) is 0. The first-order valence-corrected chi connectivity index (χ1v) is 10.5. The molecule has 31 heavy (non-hydrogen) atoms. The smallest absolute Gasteiger partial charge is 0.231 e. The van der Waals surface area contributed by atoms with Crippen molar-refractivity contribution in [2.75, 3.05) is 6.79 Å². The Balaban J connectivity index is 1.22. The van der Waals surface area contributed by atoms with Crippen molar-refractivity contribution in [1.29, 1.82) is 0 Å². The Morgan fingerprint density at radius 1 is 0.935 bits per heavy atom. The zero-order chi connectivity index (χ0) is 21.2. The summed E-state index contributed by atoms with van der Waals surface area (Å²) in [4.78, 5) is 12.4. The van der Waals surface area contributed by atoms with Gasteiger partial charge in [-0.1, -0.05) is 28.1 Å². The van der Waals surface area contributed by atoms with Gasteiger partial charge in [0.1, 0.15) is 23.9 Å². The highest BCUT2D eigenvalue weighted by Crippen LogP contribution is 2.32. The van der Waals surface area contributed by atoms with Gasteiger partial charge in [-0.05, 0) is 77.5 Å². The minimum absolute atomic E-state index is 0.143. The van der Waals surface area contributed by atoms with Gasteiger partial charge < -0.3 is 18.6 Å². The van der Waals surface area contributed by atoms with Gasteiger partial charge in [-0.25, -0.2) is 0 Å². The lowest BCUT2D eigenvalue weighted by Crippen LogP contribution is -1.94. The van der Waals surface area contributed by atoms with Gasteiger partial charge in [0.05, 0.1) is 0 Å². The Kier molecular flexibility index (Phi) is 5.22. The van der Waals surface area contributed by atoms with Crippen molar-refractivity contribution in [3.8, 4) is 17.2 Å². The maximum Gasteiger partial charge on any atom is 0.231 e. The normalized spacial score (nSPS) is 12.5. The van der Waals surface area contributed by atoms with Crippen molar-refractivity contribution in [3.63, 3.8) is 0 Å². The molecule has 1 aliphatic rings. The molecule has 2 heterocycles. The van der Waals surface area contributed by atoms with Gasteiger partial charge >= 0.3 is 0 Å². The van der Waals surface area contributed by atoms with E-state index in [-0.39, 0.29) is 12.6 Å². The zero-order valence-electron chi connectivity index (χ0n) is 16.3. The van der Waals surface area contributed by atoms with Gasteiger partial charge in [-0.15, -0.1) is 0 Å². The number of rotatable bonds is 6. The molecule has 0 N–H and O–H groups in total. The number of allylic oxidation sites excluding steroid dienone is 1. The van der Waals surface area contributed by atoms with Gasteiger partial charge in [-0.3, -0.25) is 4.79 Å². The van der Waals surface area contributed by atoms with E-state index in [1.165, 1.54) is 6.08 Å². The van der Waals surface area contributed by atoms with Crippen LogP contribution in [0.4, 0.5) is 0 Å². The second-order valence-electron chi connectivity index (χ2n) is 7.01. The van der Waals surface area contributed by atoms with Crippen molar-refractivity contribution >= 4 is 38.6 Å². The maximum atomic E-state index is 12.4. The van der Waals surface area contributed by atoms with Crippen molar-refractivity contribution in [2.24, 2.45) is 0 Å². The molecule has 154 valence electrons. The van der Waals surface area contributed by atoms with E-state index in [2.05, 4.69) is 22.0 Å². The summed E-state index contributed by atoms with van der Waals surface area (Å²) in [5.41, 5.74) is 0.527. The van der Waals surface area contributed by atoms with Gasteiger partial charge in [0.15, 0.2) is 17.3 Å². The van der Waals surface area contributed by atoms with E-state index in [9.17, 15) is 4.79 Å². The molecular formula is C25H17BrO5. The zero-order valence-corrected chi connectivity index (χ0v) is 17.9. The topological polar surface area (TPSA) is 57.9 Å². The molecule has 4 aromatic rings. The first kappa shape index (κ1) is 19.5. The van der Waals surface area contributed by atoms with Crippen LogP contribution in [-0.4, -0.2) is 12.6 Å². The van der Waals surface area contributed by atoms with Crippen LogP contribution in [0.25, 0.3) is 16.8 Å². The molecule has 3 aromatic carbocycles. The number of ketones is 1. The highest BCUT2D eigenvalue weighted by molar-refractivity contribution is 9.10. The quantitative estimate of drug-likeness (QED) is 0.238. The van der Waals surface area contributed by atoms with E-state index < -0.39 is 0 Å². The summed E-state index contributed by atoms with van der Waals surface area (Å²) in [5.74, 6) is 3.10. The molecule has 0 radical (unpaired) electrons. The summed E-state index contributed by atoms with van der Waals surface area (Å²) >= 11 is 3.48. The van der Waals surface area contributed by atoms with Crippen molar-refractivity contribution in [1.82, 2.24) is 0 Å². The van der Waals surface area contributed by atoms with E-state index in [0.29, 0.717) is 35.2 Å². The third kappa shape index (κ3) is 4.34. The molecule has 1 aliphatic heterocycles. The number of fused-ring (bicyclic) bond motifs is 2. The first-order chi connectivity index (χ1) is 15.1. The molecule has 0 saturated carbocycles. The molecule has 0 atom stereocenters. The molecule has 1 aromatic heterocycles. The minimum atomic E-state index is -0.143. The number of furan rings is 1. The molecule has 0 aliphatic carbocycles. The van der Waals surface area contributed by atoms with Crippen molar-refractivity contribution in [3.05, 3.63) is 94.4 Å². The van der Waals surface area contributed by atoms with Crippen LogP contribution < -0.4 is 14.2 Å². The number of hydrogen-bond acceptors (Lipinski definition) is 5. The maximum absolute atomic E-state index is 12.4. The Hall–Kier alpha value is -3.51. The van der Waals surface area contributed by atoms with E-state index in [1.54, 1.807) is 30.3 Å². The van der Waals surface area contributed by atoms with Crippen LogP contribution in [0.3, 0.4) is 0 Å². The first-order valence-electron chi connectivity index (χ1n) is 9.67. The van der Waals surface area contributed by atoms with Crippen LogP contribution in [0.2, 0.25) is 0 Å². The SMILES string of the molecule is O=C(/C=C/c1ccc(COc2ccc3cc(Br)ccc3c2)o1)c1ccc2c(c1)OCO2. The van der Waals surface area contributed by atoms with E-state index >= 15 is 0 Å². The second-order valence-corrected chi connectivity index (χ2v) is 7.93. The van der Waals surface area contributed by atoms with Crippen LogP contribution in [0.15, 0.2) is 81.7 Å². The van der Waals surface area contributed by atoms with Gasteiger partial charge in [0.25, 0.3) is 0 Å². The van der Waals surface area contributed by atoms with E-state index in [0.717, 1.165) is 21.0 Å². The molecule has 0 fully saturated rings. The molecule has 5 rings (SSSR count). The summed E-state index contributed by atoms with van der Waals surface area (Å²) in [5, 5.41) is 2.24. The predicted octanol–water partition coefficient (Wildman–Crippen LogP) is 6.40. The van der Waals surface area contributed by atoms with Crippen LogP contribution in [0.1, 0.15) is 21.9 Å². The highest BCUT2D eigenvalue weighted by atomic mass is 79.9. The number of hydrogen-bond donors (Lipinski definition) is 0. The van der Waals surface area contributed by atoms with Crippen LogP contribution >= 0.6 is 15.9 Å². The standard InChI is InChI=1S/C25H17BrO5/c26-19-4-1-17-12-21(5-2-16(17)11-19)28-14-22-7-6-20(31-22)8-9-23(27)18-3-10-24-25(13-18)30-15-29-24/h1-13H,14-15H2/b9-8+. The molecule has 0 bridgehead atoms. The van der Waals surface area contributed by atoms with Gasteiger partial charge in [0.2, 0.25) is 6.79 Å². The summed E-state index contributed by atoms with van der Waals surface area (Å²) in [6.45, 7) is 0.475. The summed E-state index contributed by atoms with van der Waals surface area (Å²) in [6, 6.07) is 20.8. The lowest BCUT2D eigenvalue weighted by atomic mass is 10.1. The molecule has 6 heteroatoms. The fraction of sp³-hybridized carbons (Fsp3) is 0.0800. The number of carbonyl (C=O) groups is 1. The Labute approximate surface area is 187 Å². The second kappa shape index (κ2) is 8.32. The average molecular weight is 477 g/mol. The third-order valence-corrected chi connectivity index (χ3v) is 5.39. The van der Waals surface area contributed by atoms with Crippen LogP contribution in [0.5, 0.6) is 17.2 Å². The Bertz CT molecular complexity index is 1300. The monoisotopic (exact) mass is 476 g/mol. The number of halogens is 1. The summed E-state index contributed by atoms with van der Waals surface area (Å²) in [6.07, 6.45) is 3.12. The molecule has 0 amide bonds. The largest absolute Gasteiger partial charge is 0.486 e. The molecule has 0 saturated heterocycles. The minimum Gasteiger partial charge on any atom is -0.486 e. The molecule has 0 spiro atoms.